The van der Waals surface area contributed by atoms with E-state index in [-0.39, 0.29) is 18.4 Å². The van der Waals surface area contributed by atoms with Crippen LogP contribution < -0.4 is 5.32 Å². The maximum absolute atomic E-state index is 12.0. The van der Waals surface area contributed by atoms with Crippen molar-refractivity contribution in [1.29, 1.82) is 0 Å². The van der Waals surface area contributed by atoms with Crippen LogP contribution in [0.5, 0.6) is 0 Å². The Bertz CT molecular complexity index is 1050. The molecule has 1 aliphatic rings. The zero-order chi connectivity index (χ0) is 19.0. The van der Waals surface area contributed by atoms with Crippen LogP contribution in [0.3, 0.4) is 0 Å². The lowest BCUT2D eigenvalue weighted by molar-refractivity contribution is -0.117. The Morgan fingerprint density at radius 2 is 2.15 bits per heavy atom. The number of carbonyl (C=O) groups excluding carboxylic acids is 1. The van der Waals surface area contributed by atoms with Crippen molar-refractivity contribution in [3.05, 3.63) is 59.9 Å². The van der Waals surface area contributed by atoms with Gasteiger partial charge in [0.1, 0.15) is 5.82 Å². The number of carbonyl (C=O) groups is 1. The number of nitrogens with zero attached hydrogens (tertiary/aromatic N) is 2. The summed E-state index contributed by atoms with van der Waals surface area (Å²) in [5.41, 5.74) is 4.45. The van der Waals surface area contributed by atoms with Gasteiger partial charge in [-0.2, -0.15) is 0 Å². The molecule has 27 heavy (non-hydrogen) atoms. The average Bonchev–Trinajstić information content (AvgIpc) is 3.53. The van der Waals surface area contributed by atoms with Gasteiger partial charge in [0.25, 0.3) is 0 Å². The van der Waals surface area contributed by atoms with Crippen LogP contribution in [0.15, 0.2) is 43.1 Å². The van der Waals surface area contributed by atoms with E-state index in [2.05, 4.69) is 21.9 Å². The number of rotatable bonds is 5. The van der Waals surface area contributed by atoms with E-state index < -0.39 is 0 Å². The number of aromatic nitrogens is 2. The number of amides is 1. The van der Waals surface area contributed by atoms with Gasteiger partial charge in [-0.25, -0.2) is 9.97 Å². The fourth-order valence-electron chi connectivity index (χ4n) is 3.16. The molecule has 1 saturated carbocycles. The number of nitrogens with one attached hydrogen (secondary N) is 1. The highest BCUT2D eigenvalue weighted by Gasteiger charge is 2.29. The van der Waals surface area contributed by atoms with Crippen LogP contribution in [0.1, 0.15) is 29.7 Å². The van der Waals surface area contributed by atoms with Gasteiger partial charge in [-0.3, -0.25) is 4.79 Å². The molecule has 1 aromatic carbocycles. The molecule has 4 rings (SSSR count). The predicted molar refractivity (Wildman–Crippen MR) is 107 cm³/mol. The molecule has 2 heterocycles. The van der Waals surface area contributed by atoms with Gasteiger partial charge >= 0.3 is 0 Å². The van der Waals surface area contributed by atoms with E-state index in [1.54, 1.807) is 18.3 Å². The van der Waals surface area contributed by atoms with E-state index in [1.165, 1.54) is 0 Å². The van der Waals surface area contributed by atoms with Crippen molar-refractivity contribution in [2.75, 3.05) is 5.32 Å². The molecule has 0 radical (unpaired) electrons. The molecule has 3 aromatic rings. The molecule has 5 heteroatoms. The van der Waals surface area contributed by atoms with Crippen molar-refractivity contribution in [2.24, 2.45) is 5.92 Å². The summed E-state index contributed by atoms with van der Waals surface area (Å²) >= 11 is 0. The minimum atomic E-state index is -0.190. The molecule has 0 aliphatic heterocycles. The number of anilines is 1. The smallest absolute Gasteiger partial charge is 0.228 e. The fraction of sp³-hybridized carbons (Fsp3) is 0.227. The van der Waals surface area contributed by atoms with Crippen molar-refractivity contribution < 1.29 is 9.90 Å². The standard InChI is InChI=1S/C22H21N3O2/c1-3-14-5-4-13(2)17(8-14)19-9-16-11-23-21(25-22(27)15-6-7-15)10-18(16)20(12-26)24-19/h3-5,8-11,15,26H,1,6-7,12H2,2H3,(H,23,25,27). The second kappa shape index (κ2) is 6.93. The summed E-state index contributed by atoms with van der Waals surface area (Å²) in [6.45, 7) is 5.66. The van der Waals surface area contributed by atoms with Crippen molar-refractivity contribution in [3.8, 4) is 11.3 Å². The molecule has 2 N–H and O–H groups in total. The Morgan fingerprint density at radius 3 is 2.85 bits per heavy atom. The quantitative estimate of drug-likeness (QED) is 0.719. The number of hydrogen-bond donors (Lipinski definition) is 2. The monoisotopic (exact) mass is 359 g/mol. The Kier molecular flexibility index (Phi) is 4.46. The van der Waals surface area contributed by atoms with Gasteiger partial charge in [0.15, 0.2) is 0 Å². The van der Waals surface area contributed by atoms with E-state index in [4.69, 9.17) is 0 Å². The number of pyridine rings is 2. The first-order chi connectivity index (χ1) is 13.1. The first-order valence-electron chi connectivity index (χ1n) is 9.04. The van der Waals surface area contributed by atoms with Crippen LogP contribution in [-0.4, -0.2) is 21.0 Å². The van der Waals surface area contributed by atoms with Gasteiger partial charge < -0.3 is 10.4 Å². The summed E-state index contributed by atoms with van der Waals surface area (Å²) in [7, 11) is 0. The van der Waals surface area contributed by atoms with Crippen LogP contribution in [0, 0.1) is 12.8 Å². The van der Waals surface area contributed by atoms with Crippen molar-refractivity contribution >= 4 is 28.6 Å². The molecule has 136 valence electrons. The minimum Gasteiger partial charge on any atom is -0.390 e. The van der Waals surface area contributed by atoms with Gasteiger partial charge in [0, 0.05) is 28.5 Å². The predicted octanol–water partition coefficient (Wildman–Crippen LogP) is 4.09. The summed E-state index contributed by atoms with van der Waals surface area (Å²) in [5, 5.41) is 14.4. The Labute approximate surface area is 157 Å². The van der Waals surface area contributed by atoms with Gasteiger partial charge in [-0.1, -0.05) is 24.8 Å². The maximum Gasteiger partial charge on any atom is 0.228 e. The van der Waals surface area contributed by atoms with E-state index in [1.807, 2.05) is 31.2 Å². The molecular formula is C22H21N3O2. The average molecular weight is 359 g/mol. The van der Waals surface area contributed by atoms with E-state index in [0.717, 1.165) is 46.0 Å². The second-order valence-corrected chi connectivity index (χ2v) is 6.94. The molecule has 1 amide bonds. The number of aryl methyl sites for hydroxylation is 1. The molecule has 5 nitrogen and oxygen atoms in total. The molecule has 0 atom stereocenters. The number of hydrogen-bond acceptors (Lipinski definition) is 4. The van der Waals surface area contributed by atoms with Crippen LogP contribution in [0.2, 0.25) is 0 Å². The van der Waals surface area contributed by atoms with E-state index >= 15 is 0 Å². The number of aliphatic hydroxyl groups is 1. The first kappa shape index (κ1) is 17.4. The molecule has 1 aliphatic carbocycles. The van der Waals surface area contributed by atoms with Gasteiger partial charge in [0.05, 0.1) is 18.0 Å². The fourth-order valence-corrected chi connectivity index (χ4v) is 3.16. The third-order valence-electron chi connectivity index (χ3n) is 4.92. The summed E-state index contributed by atoms with van der Waals surface area (Å²) in [6, 6.07) is 9.82. The lowest BCUT2D eigenvalue weighted by Gasteiger charge is -2.12. The molecule has 0 saturated heterocycles. The van der Waals surface area contributed by atoms with Crippen LogP contribution >= 0.6 is 0 Å². The maximum atomic E-state index is 12.0. The van der Waals surface area contributed by atoms with Crippen molar-refractivity contribution in [3.63, 3.8) is 0 Å². The highest BCUT2D eigenvalue weighted by molar-refractivity contribution is 5.96. The number of aliphatic hydroxyl groups excluding tert-OH is 1. The SMILES string of the molecule is C=Cc1ccc(C)c(-c2cc3cnc(NC(=O)C4CC4)cc3c(CO)n2)c1. The van der Waals surface area contributed by atoms with Crippen LogP contribution in [0.4, 0.5) is 5.82 Å². The van der Waals surface area contributed by atoms with Gasteiger partial charge in [-0.15, -0.1) is 0 Å². The third-order valence-corrected chi connectivity index (χ3v) is 4.92. The highest BCUT2D eigenvalue weighted by atomic mass is 16.3. The third kappa shape index (κ3) is 3.46. The number of fused-ring (bicyclic) bond motifs is 1. The second-order valence-electron chi connectivity index (χ2n) is 6.94. The normalized spacial score (nSPS) is 13.6. The largest absolute Gasteiger partial charge is 0.390 e. The topological polar surface area (TPSA) is 75.1 Å². The van der Waals surface area contributed by atoms with Crippen molar-refractivity contribution in [1.82, 2.24) is 9.97 Å². The van der Waals surface area contributed by atoms with E-state index in [9.17, 15) is 9.90 Å². The van der Waals surface area contributed by atoms with Gasteiger partial charge in [-0.05, 0) is 49.1 Å². The molecule has 0 unspecified atom stereocenters. The highest BCUT2D eigenvalue weighted by Crippen LogP contribution is 2.31. The first-order valence-corrected chi connectivity index (χ1v) is 9.04. The van der Waals surface area contributed by atoms with Crippen LogP contribution in [-0.2, 0) is 11.4 Å². The molecule has 0 bridgehead atoms. The molecule has 0 spiro atoms. The zero-order valence-corrected chi connectivity index (χ0v) is 15.2. The van der Waals surface area contributed by atoms with Gasteiger partial charge in [0.2, 0.25) is 5.91 Å². The summed E-state index contributed by atoms with van der Waals surface area (Å²) < 4.78 is 0. The van der Waals surface area contributed by atoms with Crippen molar-refractivity contribution in [2.45, 2.75) is 26.4 Å². The number of benzene rings is 1. The minimum absolute atomic E-state index is 0.00819. The summed E-state index contributed by atoms with van der Waals surface area (Å²) in [4.78, 5) is 21.0. The lowest BCUT2D eigenvalue weighted by atomic mass is 10.00. The zero-order valence-electron chi connectivity index (χ0n) is 15.2. The summed E-state index contributed by atoms with van der Waals surface area (Å²) in [5.74, 6) is 0.614. The van der Waals surface area contributed by atoms with E-state index in [0.29, 0.717) is 11.5 Å². The Balaban J connectivity index is 1.78. The molecule has 2 aromatic heterocycles. The Morgan fingerprint density at radius 1 is 1.33 bits per heavy atom. The molecule has 1 fully saturated rings. The summed E-state index contributed by atoms with van der Waals surface area (Å²) in [6.07, 6.45) is 5.40. The molecular weight excluding hydrogens is 338 g/mol. The van der Waals surface area contributed by atoms with Crippen LogP contribution in [0.25, 0.3) is 28.1 Å². The lowest BCUT2D eigenvalue weighted by Crippen LogP contribution is -2.14. The Hall–Kier alpha value is -3.05.